The summed E-state index contributed by atoms with van der Waals surface area (Å²) in [5, 5.41) is 17.6. The van der Waals surface area contributed by atoms with Crippen molar-refractivity contribution in [3.8, 4) is 0 Å². The maximum atomic E-state index is 13.5. The van der Waals surface area contributed by atoms with E-state index < -0.39 is 34.4 Å². The summed E-state index contributed by atoms with van der Waals surface area (Å²) in [7, 11) is 0. The fraction of sp³-hybridized carbons (Fsp3) is 0.375. The first kappa shape index (κ1) is 37.7. The predicted molar refractivity (Wildman–Crippen MR) is 185 cm³/mol. The van der Waals surface area contributed by atoms with Crippen molar-refractivity contribution in [1.29, 1.82) is 0 Å². The quantitative estimate of drug-likeness (QED) is 0.0891. The van der Waals surface area contributed by atoms with Crippen LogP contribution in [-0.4, -0.2) is 80.9 Å². The fourth-order valence-corrected chi connectivity index (χ4v) is 5.46. The van der Waals surface area contributed by atoms with E-state index in [-0.39, 0.29) is 40.7 Å². The molecule has 16 heteroatoms. The van der Waals surface area contributed by atoms with Crippen LogP contribution in [0.2, 0.25) is 5.02 Å². The number of thioether (sulfide) groups is 1. The number of hydrogen-bond acceptors (Lipinski definition) is 10. The second-order valence-corrected chi connectivity index (χ2v) is 12.6. The number of carbonyl (C=O) groups is 4. The van der Waals surface area contributed by atoms with Crippen LogP contribution in [0.5, 0.6) is 0 Å². The van der Waals surface area contributed by atoms with E-state index in [1.165, 1.54) is 37.0 Å². The Morgan fingerprint density at radius 2 is 1.69 bits per heavy atom. The molecule has 0 saturated heterocycles. The minimum atomic E-state index is -1.21. The van der Waals surface area contributed by atoms with Crippen molar-refractivity contribution in [3.63, 3.8) is 0 Å². The standard InChI is InChI=1S/C32H39ClN8O6S/c1-18(2)39(20(5)42)13-14-40(19(3)4)23-11-12-27(41(46)47)24(16-23)30(44)37-26(29(34)43)15-21-7-9-22(10-8-21)36-31(45)28-25(33)17-35-32(38-28)48-6/h7-12,16-19,26H,13-15H2,1-6H3,(H2,34,43)(H,36,45)(H,37,44)/t26-/m0/s1. The van der Waals surface area contributed by atoms with Crippen LogP contribution in [-0.2, 0) is 16.0 Å². The van der Waals surface area contributed by atoms with Crippen LogP contribution in [0.3, 0.4) is 0 Å². The highest BCUT2D eigenvalue weighted by Gasteiger charge is 2.27. The van der Waals surface area contributed by atoms with Crippen LogP contribution >= 0.6 is 23.4 Å². The van der Waals surface area contributed by atoms with E-state index in [1.54, 1.807) is 41.5 Å². The number of amides is 4. The van der Waals surface area contributed by atoms with Gasteiger partial charge in [0.1, 0.15) is 11.6 Å². The summed E-state index contributed by atoms with van der Waals surface area (Å²) in [6.45, 7) is 10.0. The Kier molecular flexibility index (Phi) is 13.3. The normalized spacial score (nSPS) is 11.6. The molecule has 4 N–H and O–H groups in total. The number of benzene rings is 2. The maximum Gasteiger partial charge on any atom is 0.282 e. The first-order valence-electron chi connectivity index (χ1n) is 15.0. The monoisotopic (exact) mass is 698 g/mol. The van der Waals surface area contributed by atoms with Crippen LogP contribution < -0.4 is 21.3 Å². The molecular formula is C32H39ClN8O6S. The number of carbonyl (C=O) groups excluding carboxylic acids is 4. The van der Waals surface area contributed by atoms with E-state index in [0.717, 1.165) is 0 Å². The molecule has 1 heterocycles. The topological polar surface area (TPSA) is 194 Å². The number of nitro benzene ring substituents is 1. The van der Waals surface area contributed by atoms with E-state index in [1.807, 2.05) is 32.6 Å². The molecule has 3 rings (SSSR count). The second kappa shape index (κ2) is 16.9. The Morgan fingerprint density at radius 3 is 2.23 bits per heavy atom. The molecule has 0 unspecified atom stereocenters. The number of nitro groups is 1. The highest BCUT2D eigenvalue weighted by Crippen LogP contribution is 2.27. The summed E-state index contributed by atoms with van der Waals surface area (Å²) in [6, 6.07) is 9.37. The Morgan fingerprint density at radius 1 is 1.02 bits per heavy atom. The molecule has 48 heavy (non-hydrogen) atoms. The minimum Gasteiger partial charge on any atom is -0.368 e. The zero-order valence-electron chi connectivity index (χ0n) is 27.5. The van der Waals surface area contributed by atoms with Crippen LogP contribution in [0.25, 0.3) is 0 Å². The van der Waals surface area contributed by atoms with Gasteiger partial charge in [-0.25, -0.2) is 9.97 Å². The molecule has 0 aliphatic heterocycles. The highest BCUT2D eigenvalue weighted by atomic mass is 35.5. The largest absolute Gasteiger partial charge is 0.368 e. The molecule has 256 valence electrons. The Labute approximate surface area is 288 Å². The molecule has 0 spiro atoms. The summed E-state index contributed by atoms with van der Waals surface area (Å²) in [5.74, 6) is -2.31. The maximum absolute atomic E-state index is 13.5. The van der Waals surface area contributed by atoms with Crippen LogP contribution in [0, 0.1) is 10.1 Å². The fourth-order valence-electron chi connectivity index (χ4n) is 4.94. The van der Waals surface area contributed by atoms with Gasteiger partial charge in [0.25, 0.3) is 17.5 Å². The van der Waals surface area contributed by atoms with Gasteiger partial charge in [-0.15, -0.1) is 0 Å². The van der Waals surface area contributed by atoms with Gasteiger partial charge in [0.15, 0.2) is 10.9 Å². The van der Waals surface area contributed by atoms with Crippen molar-refractivity contribution < 1.29 is 24.1 Å². The number of nitrogens with one attached hydrogen (secondary N) is 2. The number of rotatable bonds is 15. The molecule has 0 fully saturated rings. The minimum absolute atomic E-state index is 0.0138. The summed E-state index contributed by atoms with van der Waals surface area (Å²) < 4.78 is 0. The molecule has 2 aromatic carbocycles. The highest BCUT2D eigenvalue weighted by molar-refractivity contribution is 7.98. The smallest absolute Gasteiger partial charge is 0.282 e. The zero-order chi connectivity index (χ0) is 35.7. The van der Waals surface area contributed by atoms with Gasteiger partial charge >= 0.3 is 0 Å². The summed E-state index contributed by atoms with van der Waals surface area (Å²) >= 11 is 7.36. The van der Waals surface area contributed by atoms with E-state index in [4.69, 9.17) is 17.3 Å². The van der Waals surface area contributed by atoms with E-state index >= 15 is 0 Å². The first-order chi connectivity index (χ1) is 22.6. The number of nitrogens with zero attached hydrogens (tertiary/aromatic N) is 5. The Balaban J connectivity index is 1.79. The molecule has 0 saturated carbocycles. The zero-order valence-corrected chi connectivity index (χ0v) is 29.1. The van der Waals surface area contributed by atoms with Crippen molar-refractivity contribution in [2.75, 3.05) is 29.6 Å². The number of hydrogen-bond donors (Lipinski definition) is 3. The third-order valence-electron chi connectivity index (χ3n) is 7.41. The molecule has 1 atom stereocenters. The van der Waals surface area contributed by atoms with Gasteiger partial charge in [-0.05, 0) is 63.8 Å². The summed E-state index contributed by atoms with van der Waals surface area (Å²) in [4.78, 5) is 73.8. The van der Waals surface area contributed by atoms with Gasteiger partial charge in [-0.1, -0.05) is 35.5 Å². The van der Waals surface area contributed by atoms with Gasteiger partial charge in [-0.2, -0.15) is 0 Å². The van der Waals surface area contributed by atoms with E-state index in [0.29, 0.717) is 35.2 Å². The van der Waals surface area contributed by atoms with Gasteiger partial charge in [0, 0.05) is 56.0 Å². The Hall–Kier alpha value is -4.76. The Bertz CT molecular complexity index is 1670. The van der Waals surface area contributed by atoms with E-state index in [2.05, 4.69) is 20.6 Å². The molecule has 0 bridgehead atoms. The van der Waals surface area contributed by atoms with Gasteiger partial charge in [-0.3, -0.25) is 29.3 Å². The van der Waals surface area contributed by atoms with Crippen LogP contribution in [0.1, 0.15) is 61.0 Å². The van der Waals surface area contributed by atoms with Crippen molar-refractivity contribution in [2.45, 2.75) is 64.3 Å². The molecule has 14 nitrogen and oxygen atoms in total. The third kappa shape index (κ3) is 9.87. The number of anilines is 2. The third-order valence-corrected chi connectivity index (χ3v) is 8.24. The SMILES string of the molecule is CSc1ncc(Cl)c(C(=O)Nc2ccc(C[C@H](NC(=O)c3cc(N(CCN(C(C)=O)C(C)C)C(C)C)ccc3[N+](=O)[O-])C(N)=O)cc2)n1. The first-order valence-corrected chi connectivity index (χ1v) is 16.6. The number of nitrogens with two attached hydrogens (primary N) is 1. The molecule has 0 aliphatic rings. The number of aromatic nitrogens is 2. The predicted octanol–water partition coefficient (Wildman–Crippen LogP) is 4.31. The lowest BCUT2D eigenvalue weighted by molar-refractivity contribution is -0.385. The molecule has 4 amide bonds. The molecule has 3 aromatic rings. The van der Waals surface area contributed by atoms with Crippen molar-refractivity contribution in [3.05, 3.63) is 80.6 Å². The summed E-state index contributed by atoms with van der Waals surface area (Å²) in [5.41, 5.74) is 6.51. The van der Waals surface area contributed by atoms with Gasteiger partial charge in [0.2, 0.25) is 11.8 Å². The number of primary amides is 1. The lowest BCUT2D eigenvalue weighted by Gasteiger charge is -2.33. The lowest BCUT2D eigenvalue weighted by atomic mass is 10.0. The van der Waals surface area contributed by atoms with Crippen LogP contribution in [0.15, 0.2) is 53.8 Å². The van der Waals surface area contributed by atoms with Gasteiger partial charge < -0.3 is 26.2 Å². The van der Waals surface area contributed by atoms with Crippen molar-refractivity contribution >= 4 is 64.1 Å². The van der Waals surface area contributed by atoms with Crippen LogP contribution in [0.4, 0.5) is 17.1 Å². The van der Waals surface area contributed by atoms with E-state index in [9.17, 15) is 29.3 Å². The molecule has 1 aromatic heterocycles. The van der Waals surface area contributed by atoms with Crippen molar-refractivity contribution in [1.82, 2.24) is 20.2 Å². The average molecular weight is 699 g/mol. The molecule has 0 aliphatic carbocycles. The second-order valence-electron chi connectivity index (χ2n) is 11.4. The number of halogens is 1. The average Bonchev–Trinajstić information content (AvgIpc) is 3.02. The summed E-state index contributed by atoms with van der Waals surface area (Å²) in [6.07, 6.45) is 3.09. The van der Waals surface area contributed by atoms with Crippen molar-refractivity contribution in [2.24, 2.45) is 5.73 Å². The molecular weight excluding hydrogens is 660 g/mol. The lowest BCUT2D eigenvalue weighted by Crippen LogP contribution is -2.46. The van der Waals surface area contributed by atoms with Gasteiger partial charge in [0.05, 0.1) is 16.1 Å². The molecule has 0 radical (unpaired) electrons.